The minimum Gasteiger partial charge on any atom is -0.497 e. The second kappa shape index (κ2) is 11.0. The highest BCUT2D eigenvalue weighted by Crippen LogP contribution is 2.28. The summed E-state index contributed by atoms with van der Waals surface area (Å²) in [4.78, 5) is 37.0. The van der Waals surface area contributed by atoms with Gasteiger partial charge in [0.05, 0.1) is 19.9 Å². The summed E-state index contributed by atoms with van der Waals surface area (Å²) in [5, 5.41) is 5.14. The lowest BCUT2D eigenvalue weighted by molar-refractivity contribution is -0.150. The van der Waals surface area contributed by atoms with Crippen molar-refractivity contribution in [2.24, 2.45) is 5.92 Å². The van der Waals surface area contributed by atoms with Gasteiger partial charge in [0, 0.05) is 11.6 Å². The van der Waals surface area contributed by atoms with Crippen LogP contribution in [0.2, 0.25) is 0 Å². The molecule has 0 radical (unpaired) electrons. The number of halogens is 1. The zero-order valence-corrected chi connectivity index (χ0v) is 17.7. The average Bonchev–Trinajstić information content (AvgIpc) is 2.75. The van der Waals surface area contributed by atoms with Crippen molar-refractivity contribution in [3.05, 3.63) is 53.8 Å². The van der Waals surface area contributed by atoms with Gasteiger partial charge >= 0.3 is 5.97 Å². The largest absolute Gasteiger partial charge is 0.497 e. The smallest absolute Gasteiger partial charge is 0.329 e. The molecule has 1 unspecified atom stereocenters. The van der Waals surface area contributed by atoms with Crippen LogP contribution >= 0.6 is 0 Å². The van der Waals surface area contributed by atoms with E-state index in [1.54, 1.807) is 32.0 Å². The Bertz CT molecular complexity index is 930. The van der Waals surface area contributed by atoms with Crippen LogP contribution in [0.15, 0.2) is 42.5 Å². The van der Waals surface area contributed by atoms with Gasteiger partial charge in [-0.1, -0.05) is 13.8 Å². The van der Waals surface area contributed by atoms with Crippen molar-refractivity contribution < 1.29 is 33.0 Å². The molecule has 2 aromatic carbocycles. The van der Waals surface area contributed by atoms with Crippen molar-refractivity contribution in [1.82, 2.24) is 5.32 Å². The van der Waals surface area contributed by atoms with E-state index in [0.717, 1.165) is 12.1 Å². The molecule has 2 aromatic rings. The lowest BCUT2D eigenvalue weighted by Gasteiger charge is -2.21. The van der Waals surface area contributed by atoms with E-state index in [1.165, 1.54) is 26.4 Å². The molecule has 2 N–H and O–H groups in total. The summed E-state index contributed by atoms with van der Waals surface area (Å²) in [5.41, 5.74) is 0.552. The highest BCUT2D eigenvalue weighted by molar-refractivity contribution is 5.98. The van der Waals surface area contributed by atoms with E-state index in [4.69, 9.17) is 14.2 Å². The minimum absolute atomic E-state index is 0.197. The topological polar surface area (TPSA) is 103 Å². The molecule has 0 saturated carbocycles. The van der Waals surface area contributed by atoms with Gasteiger partial charge in [0.25, 0.3) is 11.8 Å². The third-order valence-electron chi connectivity index (χ3n) is 4.34. The first-order chi connectivity index (χ1) is 14.7. The van der Waals surface area contributed by atoms with Gasteiger partial charge in [-0.25, -0.2) is 9.18 Å². The zero-order chi connectivity index (χ0) is 23.0. The third-order valence-corrected chi connectivity index (χ3v) is 4.34. The Labute approximate surface area is 179 Å². The van der Waals surface area contributed by atoms with Gasteiger partial charge in [-0.2, -0.15) is 0 Å². The van der Waals surface area contributed by atoms with Crippen LogP contribution in [0.5, 0.6) is 11.5 Å². The SMILES string of the molecule is COc1ccc(OC)c(NC(=O)COC(=O)C(NC(=O)c2ccc(F)cc2)C(C)C)c1. The first-order valence-corrected chi connectivity index (χ1v) is 9.50. The molecule has 2 amide bonds. The summed E-state index contributed by atoms with van der Waals surface area (Å²) >= 11 is 0. The number of hydrogen-bond acceptors (Lipinski definition) is 6. The van der Waals surface area contributed by atoms with Crippen LogP contribution in [0, 0.1) is 11.7 Å². The number of benzene rings is 2. The summed E-state index contributed by atoms with van der Waals surface area (Å²) in [7, 11) is 2.94. The Kier molecular flexibility index (Phi) is 8.36. The van der Waals surface area contributed by atoms with E-state index in [-0.39, 0.29) is 11.5 Å². The highest BCUT2D eigenvalue weighted by Gasteiger charge is 2.27. The lowest BCUT2D eigenvalue weighted by Crippen LogP contribution is -2.45. The molecule has 9 heteroatoms. The van der Waals surface area contributed by atoms with Crippen LogP contribution in [0.3, 0.4) is 0 Å². The van der Waals surface area contributed by atoms with Gasteiger partial charge in [-0.05, 0) is 42.3 Å². The van der Waals surface area contributed by atoms with Crippen molar-refractivity contribution >= 4 is 23.5 Å². The number of amides is 2. The van der Waals surface area contributed by atoms with Gasteiger partial charge < -0.3 is 24.8 Å². The standard InChI is InChI=1S/C22H25FN2O6/c1-13(2)20(25-21(27)14-5-7-15(23)8-6-14)22(28)31-12-19(26)24-17-11-16(29-3)9-10-18(17)30-4/h5-11,13,20H,12H2,1-4H3,(H,24,26)(H,25,27). The summed E-state index contributed by atoms with van der Waals surface area (Å²) in [6.07, 6.45) is 0. The molecule has 0 bridgehead atoms. The predicted octanol–water partition coefficient (Wildman–Crippen LogP) is 2.78. The summed E-state index contributed by atoms with van der Waals surface area (Å²) < 4.78 is 28.4. The average molecular weight is 432 g/mol. The molecule has 0 aliphatic carbocycles. The van der Waals surface area contributed by atoms with Gasteiger partial charge in [-0.3, -0.25) is 9.59 Å². The van der Waals surface area contributed by atoms with E-state index in [1.807, 2.05) is 0 Å². The van der Waals surface area contributed by atoms with Crippen LogP contribution in [0.25, 0.3) is 0 Å². The van der Waals surface area contributed by atoms with E-state index in [0.29, 0.717) is 17.2 Å². The van der Waals surface area contributed by atoms with Crippen LogP contribution in [0.4, 0.5) is 10.1 Å². The number of methoxy groups -OCH3 is 2. The number of rotatable bonds is 9. The second-order valence-electron chi connectivity index (χ2n) is 6.92. The van der Waals surface area contributed by atoms with Gasteiger partial charge in [0.15, 0.2) is 6.61 Å². The molecule has 2 rings (SSSR count). The van der Waals surface area contributed by atoms with E-state index < -0.39 is 36.2 Å². The van der Waals surface area contributed by atoms with Crippen molar-refractivity contribution in [3.63, 3.8) is 0 Å². The number of ether oxygens (including phenoxy) is 3. The lowest BCUT2D eigenvalue weighted by atomic mass is 10.0. The molecule has 166 valence electrons. The van der Waals surface area contributed by atoms with Crippen LogP contribution in [-0.4, -0.2) is 44.7 Å². The molecule has 0 spiro atoms. The maximum Gasteiger partial charge on any atom is 0.329 e. The number of nitrogens with one attached hydrogen (secondary N) is 2. The number of carbonyl (C=O) groups excluding carboxylic acids is 3. The van der Waals surface area contributed by atoms with Gasteiger partial charge in [0.1, 0.15) is 23.4 Å². The monoisotopic (exact) mass is 432 g/mol. The van der Waals surface area contributed by atoms with Crippen molar-refractivity contribution in [3.8, 4) is 11.5 Å². The molecule has 0 aliphatic heterocycles. The fourth-order valence-electron chi connectivity index (χ4n) is 2.65. The van der Waals surface area contributed by atoms with Gasteiger partial charge in [-0.15, -0.1) is 0 Å². The quantitative estimate of drug-likeness (QED) is 0.591. The number of carbonyl (C=O) groups is 3. The zero-order valence-electron chi connectivity index (χ0n) is 17.7. The van der Waals surface area contributed by atoms with Gasteiger partial charge in [0.2, 0.25) is 0 Å². The van der Waals surface area contributed by atoms with E-state index in [9.17, 15) is 18.8 Å². The molecular weight excluding hydrogens is 407 g/mol. The molecule has 0 heterocycles. The normalized spacial score (nSPS) is 11.4. The Morgan fingerprint density at radius 2 is 1.68 bits per heavy atom. The predicted molar refractivity (Wildman–Crippen MR) is 112 cm³/mol. The maximum absolute atomic E-state index is 13.0. The van der Waals surface area contributed by atoms with Crippen LogP contribution < -0.4 is 20.1 Å². The minimum atomic E-state index is -0.989. The van der Waals surface area contributed by atoms with E-state index >= 15 is 0 Å². The molecule has 8 nitrogen and oxygen atoms in total. The second-order valence-corrected chi connectivity index (χ2v) is 6.92. The number of anilines is 1. The summed E-state index contributed by atoms with van der Waals surface area (Å²) in [6, 6.07) is 8.79. The Hall–Kier alpha value is -3.62. The third kappa shape index (κ3) is 6.70. The van der Waals surface area contributed by atoms with Crippen LogP contribution in [0.1, 0.15) is 24.2 Å². The first kappa shape index (κ1) is 23.7. The Morgan fingerprint density at radius 3 is 2.26 bits per heavy atom. The fraction of sp³-hybridized carbons (Fsp3) is 0.318. The van der Waals surface area contributed by atoms with Crippen molar-refractivity contribution in [2.75, 3.05) is 26.1 Å². The van der Waals surface area contributed by atoms with Crippen molar-refractivity contribution in [2.45, 2.75) is 19.9 Å². The number of hydrogen-bond donors (Lipinski definition) is 2. The van der Waals surface area contributed by atoms with Crippen molar-refractivity contribution in [1.29, 1.82) is 0 Å². The highest BCUT2D eigenvalue weighted by atomic mass is 19.1. The van der Waals surface area contributed by atoms with E-state index in [2.05, 4.69) is 10.6 Å². The molecule has 0 fully saturated rings. The Balaban J connectivity index is 1.97. The molecule has 0 saturated heterocycles. The number of esters is 1. The molecule has 0 aromatic heterocycles. The van der Waals surface area contributed by atoms with Crippen LogP contribution in [-0.2, 0) is 14.3 Å². The molecule has 0 aliphatic rings. The maximum atomic E-state index is 13.0. The molecule has 31 heavy (non-hydrogen) atoms. The molecular formula is C22H25FN2O6. The first-order valence-electron chi connectivity index (χ1n) is 9.50. The Morgan fingerprint density at radius 1 is 1.00 bits per heavy atom. The summed E-state index contributed by atoms with van der Waals surface area (Å²) in [5.74, 6) is -1.77. The molecule has 1 atom stereocenters. The fourth-order valence-corrected chi connectivity index (χ4v) is 2.65. The summed E-state index contributed by atoms with van der Waals surface area (Å²) in [6.45, 7) is 2.88.